The van der Waals surface area contributed by atoms with Gasteiger partial charge in [0, 0.05) is 22.0 Å². The predicted molar refractivity (Wildman–Crippen MR) is 215 cm³/mol. The van der Waals surface area contributed by atoms with Gasteiger partial charge in [0.25, 0.3) is 6.71 Å². The van der Waals surface area contributed by atoms with Crippen LogP contribution in [-0.2, 0) is 10.8 Å². The van der Waals surface area contributed by atoms with Crippen molar-refractivity contribution in [3.8, 4) is 23.0 Å². The fraction of sp³-hybridized carbons (Fsp3) is 0.265. The molecule has 4 fully saturated rings. The number of para-hydroxylation sites is 4. The number of anilines is 3. The van der Waals surface area contributed by atoms with Crippen molar-refractivity contribution in [1.82, 2.24) is 0 Å². The van der Waals surface area contributed by atoms with Gasteiger partial charge in [0.1, 0.15) is 23.0 Å². The maximum Gasteiger partial charge on any atom is 0.260 e. The summed E-state index contributed by atoms with van der Waals surface area (Å²) in [6.07, 6.45) is 6.64. The Labute approximate surface area is 312 Å². The highest BCUT2D eigenvalue weighted by molar-refractivity contribution is 6.98. The van der Waals surface area contributed by atoms with Gasteiger partial charge in [0.05, 0.1) is 11.4 Å². The van der Waals surface area contributed by atoms with E-state index in [-0.39, 0.29) is 17.5 Å². The Morgan fingerprint density at radius 3 is 1.57 bits per heavy atom. The quantitative estimate of drug-likeness (QED) is 0.173. The molecule has 0 unspecified atom stereocenters. The molecule has 4 aliphatic carbocycles. The molecule has 13 rings (SSSR count). The van der Waals surface area contributed by atoms with Crippen LogP contribution < -0.4 is 30.8 Å². The lowest BCUT2D eigenvalue weighted by atomic mass is 9.34. The van der Waals surface area contributed by atoms with E-state index in [2.05, 4.69) is 152 Å². The first-order valence-electron chi connectivity index (χ1n) is 19.8. The topological polar surface area (TPSA) is 21.7 Å². The normalized spacial score (nSPS) is 26.0. The number of nitrogens with zero attached hydrogens (tertiary/aromatic N) is 1. The lowest BCUT2D eigenvalue weighted by Crippen LogP contribution is -2.58. The first-order chi connectivity index (χ1) is 26.0. The van der Waals surface area contributed by atoms with Crippen LogP contribution in [0.5, 0.6) is 23.0 Å². The van der Waals surface area contributed by atoms with E-state index in [9.17, 15) is 0 Å². The summed E-state index contributed by atoms with van der Waals surface area (Å²) in [6, 6.07) is 49.8. The molecule has 0 atom stereocenters. The van der Waals surface area contributed by atoms with E-state index in [1.54, 1.807) is 0 Å². The molecule has 4 bridgehead atoms. The first-order valence-corrected chi connectivity index (χ1v) is 19.8. The average molecular weight is 688 g/mol. The van der Waals surface area contributed by atoms with Crippen LogP contribution in [0.25, 0.3) is 0 Å². The number of fused-ring (bicyclic) bond motifs is 6. The van der Waals surface area contributed by atoms with Crippen LogP contribution in [0.3, 0.4) is 0 Å². The lowest BCUT2D eigenvalue weighted by Gasteiger charge is -2.62. The van der Waals surface area contributed by atoms with Crippen molar-refractivity contribution in [3.05, 3.63) is 156 Å². The van der Waals surface area contributed by atoms with E-state index >= 15 is 0 Å². The van der Waals surface area contributed by atoms with Crippen molar-refractivity contribution in [3.63, 3.8) is 0 Å². The fourth-order valence-electron chi connectivity index (χ4n) is 12.5. The van der Waals surface area contributed by atoms with Gasteiger partial charge in [-0.15, -0.1) is 0 Å². The molecule has 0 N–H and O–H groups in total. The summed E-state index contributed by atoms with van der Waals surface area (Å²) in [6.45, 7) is 4.82. The van der Waals surface area contributed by atoms with Gasteiger partial charge in [-0.3, -0.25) is 0 Å². The fourth-order valence-corrected chi connectivity index (χ4v) is 12.5. The minimum atomic E-state index is -0.104. The van der Waals surface area contributed by atoms with Crippen molar-refractivity contribution in [2.75, 3.05) is 4.90 Å². The van der Waals surface area contributed by atoms with Gasteiger partial charge in [0.2, 0.25) is 0 Å². The molecule has 7 aliphatic rings. The Kier molecular flexibility index (Phi) is 6.10. The van der Waals surface area contributed by atoms with Crippen LogP contribution in [0.4, 0.5) is 17.1 Å². The van der Waals surface area contributed by atoms with Crippen molar-refractivity contribution < 1.29 is 9.47 Å². The highest BCUT2D eigenvalue weighted by Gasteiger charge is 2.59. The molecule has 0 radical (unpaired) electrons. The Morgan fingerprint density at radius 1 is 0.528 bits per heavy atom. The van der Waals surface area contributed by atoms with E-state index in [0.717, 1.165) is 34.8 Å². The molecule has 258 valence electrons. The zero-order valence-corrected chi connectivity index (χ0v) is 30.4. The molecule has 3 aliphatic heterocycles. The molecule has 53 heavy (non-hydrogen) atoms. The van der Waals surface area contributed by atoms with Crippen LogP contribution in [0.15, 0.2) is 133 Å². The van der Waals surface area contributed by atoms with Gasteiger partial charge in [-0.2, -0.15) is 0 Å². The summed E-state index contributed by atoms with van der Waals surface area (Å²) >= 11 is 0. The van der Waals surface area contributed by atoms with Gasteiger partial charge >= 0.3 is 0 Å². The van der Waals surface area contributed by atoms with Gasteiger partial charge < -0.3 is 14.4 Å². The van der Waals surface area contributed by atoms with E-state index in [4.69, 9.17) is 9.47 Å². The molecule has 3 heterocycles. The second kappa shape index (κ2) is 10.7. The SMILES string of the molecule is CC1(C)c2ccccc2N(c2ccc(C3(c4cc5c6c(c4)Oc4ccccc4B6c4ccccc4O5)C4CC5CC(C4)CC3C5)cc2)c2ccccc21. The highest BCUT2D eigenvalue weighted by atomic mass is 16.5. The van der Waals surface area contributed by atoms with Crippen LogP contribution in [-0.4, -0.2) is 6.71 Å². The Hall–Kier alpha value is -5.22. The molecule has 4 heteroatoms. The van der Waals surface area contributed by atoms with Crippen molar-refractivity contribution >= 4 is 40.2 Å². The summed E-state index contributed by atoms with van der Waals surface area (Å²) in [5, 5.41) is 0. The third-order valence-corrected chi connectivity index (χ3v) is 14.4. The number of ether oxygens (including phenoxy) is 2. The zero-order valence-electron chi connectivity index (χ0n) is 30.4. The minimum absolute atomic E-state index is 0.0784. The van der Waals surface area contributed by atoms with Crippen LogP contribution in [0.1, 0.15) is 68.2 Å². The Morgan fingerprint density at radius 2 is 1.02 bits per heavy atom. The van der Waals surface area contributed by atoms with Crippen LogP contribution in [0, 0.1) is 23.7 Å². The molecule has 6 aromatic carbocycles. The van der Waals surface area contributed by atoms with Crippen LogP contribution in [0.2, 0.25) is 0 Å². The van der Waals surface area contributed by atoms with E-state index in [1.165, 1.54) is 87.8 Å². The summed E-state index contributed by atoms with van der Waals surface area (Å²) in [5.41, 5.74) is 12.7. The molecular weight excluding hydrogens is 645 g/mol. The highest BCUT2D eigenvalue weighted by Crippen LogP contribution is 2.66. The molecule has 3 nitrogen and oxygen atoms in total. The Balaban J connectivity index is 1.04. The molecular formula is C49H42BNO2. The maximum absolute atomic E-state index is 6.90. The van der Waals surface area contributed by atoms with E-state index in [0.29, 0.717) is 11.8 Å². The second-order valence-corrected chi connectivity index (χ2v) is 17.3. The van der Waals surface area contributed by atoms with Gasteiger partial charge in [-0.05, 0) is 137 Å². The number of hydrogen-bond acceptors (Lipinski definition) is 3. The monoisotopic (exact) mass is 687 g/mol. The second-order valence-electron chi connectivity index (χ2n) is 17.3. The van der Waals surface area contributed by atoms with Crippen molar-refractivity contribution in [2.45, 2.75) is 56.8 Å². The number of benzene rings is 6. The predicted octanol–water partition coefficient (Wildman–Crippen LogP) is 10.3. The van der Waals surface area contributed by atoms with Crippen molar-refractivity contribution in [2.24, 2.45) is 23.7 Å². The molecule has 4 saturated carbocycles. The van der Waals surface area contributed by atoms with Gasteiger partial charge in [0.15, 0.2) is 0 Å². The van der Waals surface area contributed by atoms with E-state index in [1.807, 2.05) is 0 Å². The zero-order chi connectivity index (χ0) is 35.1. The summed E-state index contributed by atoms with van der Waals surface area (Å²) in [4.78, 5) is 2.49. The average Bonchev–Trinajstić information content (AvgIpc) is 3.18. The maximum atomic E-state index is 6.90. The first kappa shape index (κ1) is 30.3. The molecule has 0 spiro atoms. The largest absolute Gasteiger partial charge is 0.458 e. The third kappa shape index (κ3) is 4.02. The number of rotatable bonds is 3. The third-order valence-electron chi connectivity index (χ3n) is 14.4. The summed E-state index contributed by atoms with van der Waals surface area (Å²) in [7, 11) is 0. The van der Waals surface area contributed by atoms with Gasteiger partial charge in [-0.1, -0.05) is 98.8 Å². The Bertz CT molecular complexity index is 2330. The van der Waals surface area contributed by atoms with Crippen LogP contribution >= 0.6 is 0 Å². The van der Waals surface area contributed by atoms with Gasteiger partial charge in [-0.25, -0.2) is 0 Å². The smallest absolute Gasteiger partial charge is 0.260 e. The molecule has 0 saturated heterocycles. The van der Waals surface area contributed by atoms with E-state index < -0.39 is 0 Å². The molecule has 0 amide bonds. The van der Waals surface area contributed by atoms with Crippen molar-refractivity contribution in [1.29, 1.82) is 0 Å². The minimum Gasteiger partial charge on any atom is -0.458 e. The summed E-state index contributed by atoms with van der Waals surface area (Å²) in [5.74, 6) is 6.72. The lowest BCUT2D eigenvalue weighted by molar-refractivity contribution is -0.0419. The summed E-state index contributed by atoms with van der Waals surface area (Å²) < 4.78 is 13.8. The number of hydrogen-bond donors (Lipinski definition) is 0. The standard InChI is InChI=1S/C49H42BNO2/c1-48(2)37-11-3-7-15-41(37)51(42-16-8-4-12-38(42)48)36-21-19-32(20-22-36)49(33-24-30-23-31(26-33)27-34(49)25-30)35-28-45-47-46(29-35)53-44-18-10-6-14-40(44)50(47)39-13-5-9-17-43(39)52-45/h3-22,28-31,33-34H,23-27H2,1-2H3. The molecule has 6 aromatic rings. The molecule has 0 aromatic heterocycles.